The third kappa shape index (κ3) is 5.14. The summed E-state index contributed by atoms with van der Waals surface area (Å²) in [5.41, 5.74) is 2.66. The highest BCUT2D eigenvalue weighted by atomic mass is 16.5. The first-order valence-electron chi connectivity index (χ1n) is 10.0. The summed E-state index contributed by atoms with van der Waals surface area (Å²) >= 11 is 0. The highest BCUT2D eigenvalue weighted by Gasteiger charge is 2.32. The van der Waals surface area contributed by atoms with Crippen LogP contribution in [-0.4, -0.2) is 35.1 Å². The summed E-state index contributed by atoms with van der Waals surface area (Å²) in [6.45, 7) is 4.37. The Bertz CT molecular complexity index is 968. The van der Waals surface area contributed by atoms with Crippen LogP contribution in [0.5, 0.6) is 0 Å². The lowest BCUT2D eigenvalue weighted by molar-refractivity contribution is -0.153. The lowest BCUT2D eigenvalue weighted by atomic mass is 10.0. The molecule has 156 valence electrons. The van der Waals surface area contributed by atoms with Gasteiger partial charge in [0, 0.05) is 31.5 Å². The third-order valence-electron chi connectivity index (χ3n) is 4.77. The van der Waals surface area contributed by atoms with E-state index in [4.69, 9.17) is 4.74 Å². The van der Waals surface area contributed by atoms with Crippen LogP contribution in [0.2, 0.25) is 0 Å². The lowest BCUT2D eigenvalue weighted by Crippen LogP contribution is -2.40. The number of benzene rings is 2. The first-order valence-corrected chi connectivity index (χ1v) is 10.0. The van der Waals surface area contributed by atoms with Gasteiger partial charge in [-0.3, -0.25) is 9.59 Å². The number of hydrogen-bond donors (Lipinski definition) is 0. The quantitative estimate of drug-likeness (QED) is 0.419. The SMILES string of the molecule is CC(C)COC(=O)[C@@H](Cn1ccnc1)C(=O)N(C)c1ccccc1-c1ccccc1. The van der Waals surface area contributed by atoms with Gasteiger partial charge in [0.25, 0.3) is 0 Å². The van der Waals surface area contributed by atoms with E-state index in [0.717, 1.165) is 16.8 Å². The Labute approximate surface area is 177 Å². The molecule has 0 aliphatic carbocycles. The fourth-order valence-corrected chi connectivity index (χ4v) is 3.19. The van der Waals surface area contributed by atoms with Gasteiger partial charge in [-0.05, 0) is 17.5 Å². The molecule has 0 aliphatic heterocycles. The number of amides is 1. The van der Waals surface area contributed by atoms with Gasteiger partial charge in [-0.1, -0.05) is 62.4 Å². The highest BCUT2D eigenvalue weighted by Crippen LogP contribution is 2.31. The van der Waals surface area contributed by atoms with E-state index in [1.165, 1.54) is 0 Å². The number of anilines is 1. The van der Waals surface area contributed by atoms with Crippen molar-refractivity contribution < 1.29 is 14.3 Å². The van der Waals surface area contributed by atoms with Crippen molar-refractivity contribution >= 4 is 17.6 Å². The molecule has 1 amide bonds. The molecule has 0 radical (unpaired) electrons. The van der Waals surface area contributed by atoms with Crippen molar-refractivity contribution in [2.75, 3.05) is 18.6 Å². The predicted octanol–water partition coefficient (Wildman–Crippen LogP) is 4.03. The Hall–Kier alpha value is -3.41. The van der Waals surface area contributed by atoms with Gasteiger partial charge in [-0.2, -0.15) is 0 Å². The second kappa shape index (κ2) is 9.87. The molecule has 2 aromatic carbocycles. The molecule has 0 saturated heterocycles. The monoisotopic (exact) mass is 405 g/mol. The molecule has 1 heterocycles. The molecule has 1 atom stereocenters. The molecule has 0 bridgehead atoms. The molecule has 0 unspecified atom stereocenters. The second-order valence-corrected chi connectivity index (χ2v) is 7.62. The van der Waals surface area contributed by atoms with Gasteiger partial charge in [-0.25, -0.2) is 4.98 Å². The van der Waals surface area contributed by atoms with Crippen LogP contribution in [-0.2, 0) is 20.9 Å². The Morgan fingerprint density at radius 1 is 1.07 bits per heavy atom. The average molecular weight is 405 g/mol. The van der Waals surface area contributed by atoms with Crippen molar-refractivity contribution in [1.82, 2.24) is 9.55 Å². The zero-order chi connectivity index (χ0) is 21.5. The Morgan fingerprint density at radius 2 is 1.77 bits per heavy atom. The van der Waals surface area contributed by atoms with Crippen molar-refractivity contribution in [3.05, 3.63) is 73.3 Å². The van der Waals surface area contributed by atoms with Gasteiger partial charge in [0.05, 0.1) is 18.6 Å². The summed E-state index contributed by atoms with van der Waals surface area (Å²) in [6, 6.07) is 17.5. The maximum absolute atomic E-state index is 13.4. The number of carbonyl (C=O) groups excluding carboxylic acids is 2. The molecule has 30 heavy (non-hydrogen) atoms. The molecule has 3 rings (SSSR count). The summed E-state index contributed by atoms with van der Waals surface area (Å²) in [5.74, 6) is -1.62. The Morgan fingerprint density at radius 3 is 2.43 bits per heavy atom. The maximum atomic E-state index is 13.4. The van der Waals surface area contributed by atoms with E-state index < -0.39 is 11.9 Å². The predicted molar refractivity (Wildman–Crippen MR) is 117 cm³/mol. The van der Waals surface area contributed by atoms with Crippen LogP contribution in [0.4, 0.5) is 5.69 Å². The van der Waals surface area contributed by atoms with Crippen LogP contribution in [0.1, 0.15) is 13.8 Å². The van der Waals surface area contributed by atoms with Crippen molar-refractivity contribution in [2.45, 2.75) is 20.4 Å². The van der Waals surface area contributed by atoms with Crippen LogP contribution in [0.15, 0.2) is 73.3 Å². The molecular weight excluding hydrogens is 378 g/mol. The molecule has 0 aliphatic rings. The Kier molecular flexibility index (Phi) is 7.01. The highest BCUT2D eigenvalue weighted by molar-refractivity contribution is 6.07. The number of para-hydroxylation sites is 1. The summed E-state index contributed by atoms with van der Waals surface area (Å²) in [4.78, 5) is 31.8. The van der Waals surface area contributed by atoms with E-state index in [1.54, 1.807) is 35.2 Å². The molecule has 0 spiro atoms. The molecule has 0 N–H and O–H groups in total. The van der Waals surface area contributed by atoms with Gasteiger partial charge in [0.2, 0.25) is 5.91 Å². The van der Waals surface area contributed by atoms with E-state index in [0.29, 0.717) is 0 Å². The number of ether oxygens (including phenoxy) is 1. The number of rotatable bonds is 8. The van der Waals surface area contributed by atoms with Gasteiger partial charge in [0.1, 0.15) is 0 Å². The fourth-order valence-electron chi connectivity index (χ4n) is 3.19. The topological polar surface area (TPSA) is 64.4 Å². The van der Waals surface area contributed by atoms with Crippen LogP contribution in [0.25, 0.3) is 11.1 Å². The van der Waals surface area contributed by atoms with Crippen molar-refractivity contribution in [3.63, 3.8) is 0 Å². The smallest absolute Gasteiger partial charge is 0.320 e. The van der Waals surface area contributed by atoms with Crippen molar-refractivity contribution in [2.24, 2.45) is 11.8 Å². The van der Waals surface area contributed by atoms with E-state index in [9.17, 15) is 9.59 Å². The molecular formula is C24H27N3O3. The van der Waals surface area contributed by atoms with Crippen LogP contribution in [0.3, 0.4) is 0 Å². The molecule has 6 heteroatoms. The summed E-state index contributed by atoms with van der Waals surface area (Å²) in [7, 11) is 1.70. The number of carbonyl (C=O) groups is 2. The number of nitrogens with zero attached hydrogens (tertiary/aromatic N) is 3. The lowest BCUT2D eigenvalue weighted by Gasteiger charge is -2.25. The Balaban J connectivity index is 1.89. The largest absolute Gasteiger partial charge is 0.465 e. The molecule has 6 nitrogen and oxygen atoms in total. The van der Waals surface area contributed by atoms with Crippen LogP contribution in [0, 0.1) is 11.8 Å². The minimum absolute atomic E-state index is 0.174. The molecule has 3 aromatic rings. The third-order valence-corrected chi connectivity index (χ3v) is 4.77. The van der Waals surface area contributed by atoms with Gasteiger partial charge in [0.15, 0.2) is 5.92 Å². The van der Waals surface area contributed by atoms with Crippen LogP contribution >= 0.6 is 0 Å². The first-order chi connectivity index (χ1) is 14.5. The zero-order valence-electron chi connectivity index (χ0n) is 17.6. The number of hydrogen-bond acceptors (Lipinski definition) is 4. The van der Waals surface area contributed by atoms with E-state index in [2.05, 4.69) is 4.98 Å². The van der Waals surface area contributed by atoms with Crippen molar-refractivity contribution in [1.29, 1.82) is 0 Å². The molecule has 0 saturated carbocycles. The first kappa shape index (κ1) is 21.3. The molecule has 1 aromatic heterocycles. The summed E-state index contributed by atoms with van der Waals surface area (Å²) in [6.07, 6.45) is 4.94. The normalized spacial score (nSPS) is 11.9. The zero-order valence-corrected chi connectivity index (χ0v) is 17.6. The van der Waals surface area contributed by atoms with E-state index >= 15 is 0 Å². The minimum Gasteiger partial charge on any atom is -0.465 e. The van der Waals surface area contributed by atoms with Crippen LogP contribution < -0.4 is 4.90 Å². The number of esters is 1. The van der Waals surface area contributed by atoms with Gasteiger partial charge < -0.3 is 14.2 Å². The summed E-state index contributed by atoms with van der Waals surface area (Å²) < 4.78 is 7.13. The maximum Gasteiger partial charge on any atom is 0.320 e. The van der Waals surface area contributed by atoms with E-state index in [-0.39, 0.29) is 25.0 Å². The minimum atomic E-state index is -0.966. The second-order valence-electron chi connectivity index (χ2n) is 7.62. The van der Waals surface area contributed by atoms with Gasteiger partial charge in [-0.15, -0.1) is 0 Å². The average Bonchev–Trinajstić information content (AvgIpc) is 3.29. The number of aromatic nitrogens is 2. The number of imidazole rings is 1. The molecule has 0 fully saturated rings. The standard InChI is InChI=1S/C24H27N3O3/c1-18(2)16-30-24(29)21(15-27-14-13-25-17-27)23(28)26(3)22-12-8-7-11-20(22)19-9-5-4-6-10-19/h4-14,17-18,21H,15-16H2,1-3H3/t21-/m0/s1. The van der Waals surface area contributed by atoms with E-state index in [1.807, 2.05) is 68.4 Å². The van der Waals surface area contributed by atoms with Crippen molar-refractivity contribution in [3.8, 4) is 11.1 Å². The fraction of sp³-hybridized carbons (Fsp3) is 0.292. The van der Waals surface area contributed by atoms with Gasteiger partial charge >= 0.3 is 5.97 Å². The summed E-state index contributed by atoms with van der Waals surface area (Å²) in [5, 5.41) is 0.